The van der Waals surface area contributed by atoms with Gasteiger partial charge in [-0.3, -0.25) is 4.79 Å². The molecule has 1 aromatic heterocycles. The molecule has 0 bridgehead atoms. The van der Waals surface area contributed by atoms with Crippen LogP contribution < -0.4 is 10.00 Å². The molecule has 1 N–H and O–H groups in total. The summed E-state index contributed by atoms with van der Waals surface area (Å²) in [7, 11) is 1.61. The number of nitrogens with zero attached hydrogens (tertiary/aromatic N) is 2. The largest absolute Gasteiger partial charge is 0.491 e. The fourth-order valence-corrected chi connectivity index (χ4v) is 1.01. The number of hydrogen-bond acceptors (Lipinski definition) is 5. The van der Waals surface area contributed by atoms with Gasteiger partial charge in [0.1, 0.15) is 12.7 Å². The lowest BCUT2D eigenvalue weighted by Gasteiger charge is -2.06. The molecule has 0 aliphatic heterocycles. The summed E-state index contributed by atoms with van der Waals surface area (Å²) in [6, 6.07) is 1.38. The molecule has 7 nitrogen and oxygen atoms in total. The predicted octanol–water partition coefficient (Wildman–Crippen LogP) is -0.732. The van der Waals surface area contributed by atoms with Crippen molar-refractivity contribution in [3.63, 3.8) is 0 Å². The van der Waals surface area contributed by atoms with Gasteiger partial charge in [0.15, 0.2) is 13.2 Å². The van der Waals surface area contributed by atoms with E-state index < -0.39 is 30.6 Å². The second kappa shape index (κ2) is 6.08. The van der Waals surface area contributed by atoms with Crippen molar-refractivity contribution < 1.29 is 37.0 Å². The zero-order valence-electron chi connectivity index (χ0n) is 10.1. The third kappa shape index (κ3) is 4.63. The van der Waals surface area contributed by atoms with Crippen molar-refractivity contribution in [3.05, 3.63) is 24.0 Å². The van der Waals surface area contributed by atoms with Gasteiger partial charge in [0.2, 0.25) is 0 Å². The molecular formula is C10H9F3N3O4+. The van der Waals surface area contributed by atoms with Crippen LogP contribution in [0.4, 0.5) is 13.2 Å². The molecule has 108 valence electrons. The number of amides is 1. The van der Waals surface area contributed by atoms with Crippen LogP contribution in [-0.4, -0.2) is 35.7 Å². The number of aryl methyl sites for hydroxylation is 1. The lowest BCUT2D eigenvalue weighted by molar-refractivity contribution is -0.730. The number of rotatable bonds is 3. The molecule has 10 heteroatoms. The van der Waals surface area contributed by atoms with Gasteiger partial charge in [-0.2, -0.15) is 13.2 Å². The Labute approximate surface area is 110 Å². The summed E-state index contributed by atoms with van der Waals surface area (Å²) in [5.41, 5.74) is 0.0954. The van der Waals surface area contributed by atoms with E-state index in [1.807, 2.05) is 5.32 Å². The predicted molar refractivity (Wildman–Crippen MR) is 54.9 cm³/mol. The number of nitrogens with one attached hydrogen (secondary N) is 1. The van der Waals surface area contributed by atoms with Gasteiger partial charge in [-0.25, -0.2) is 9.59 Å². The van der Waals surface area contributed by atoms with E-state index in [1.165, 1.54) is 23.1 Å². The van der Waals surface area contributed by atoms with Gasteiger partial charge in [0.25, 0.3) is 5.91 Å². The highest BCUT2D eigenvalue weighted by atomic mass is 19.4. The summed E-state index contributed by atoms with van der Waals surface area (Å²) in [6.45, 7) is -0.873. The Kier molecular flexibility index (Phi) is 4.73. The number of carbonyl (C=O) groups is 3. The van der Waals surface area contributed by atoms with E-state index in [-0.39, 0.29) is 5.56 Å². The van der Waals surface area contributed by atoms with E-state index in [0.717, 1.165) is 0 Å². The monoisotopic (exact) mass is 292 g/mol. The van der Waals surface area contributed by atoms with Crippen LogP contribution in [0.3, 0.4) is 0 Å². The molecule has 1 aromatic rings. The van der Waals surface area contributed by atoms with E-state index in [0.29, 0.717) is 0 Å². The van der Waals surface area contributed by atoms with Gasteiger partial charge < -0.3 is 10.1 Å². The summed E-state index contributed by atoms with van der Waals surface area (Å²) in [4.78, 5) is 32.7. The van der Waals surface area contributed by atoms with Crippen LogP contribution in [0.5, 0.6) is 0 Å². The van der Waals surface area contributed by atoms with E-state index in [9.17, 15) is 27.6 Å². The van der Waals surface area contributed by atoms with Crippen LogP contribution >= 0.6 is 0 Å². The first-order valence-electron chi connectivity index (χ1n) is 5.12. The second-order valence-electron chi connectivity index (χ2n) is 3.53. The first-order valence-corrected chi connectivity index (χ1v) is 5.12. The second-order valence-corrected chi connectivity index (χ2v) is 3.53. The minimum Gasteiger partial charge on any atom is -0.385 e. The normalized spacial score (nSPS) is 10.8. The molecule has 0 radical (unpaired) electrons. The molecule has 0 aromatic carbocycles. The summed E-state index contributed by atoms with van der Waals surface area (Å²) in [6.07, 6.45) is -2.61. The molecular weight excluding hydrogens is 283 g/mol. The number of ether oxygens (including phenoxy) is 1. The van der Waals surface area contributed by atoms with Crippen LogP contribution in [0.25, 0.3) is 0 Å². The third-order valence-electron chi connectivity index (χ3n) is 1.94. The standard InChI is InChI=1S/C10H8F3N3O4/c1-16-3-2-6(4-15-16)8(18)14-5-7(17)20-9(19)10(11,12)13/h2-4H,5H2,1H3/p+1. The van der Waals surface area contributed by atoms with Crippen molar-refractivity contribution in [2.75, 3.05) is 6.54 Å². The molecule has 0 saturated carbocycles. The lowest BCUT2D eigenvalue weighted by atomic mass is 10.3. The van der Waals surface area contributed by atoms with Crippen molar-refractivity contribution in [1.82, 2.24) is 10.4 Å². The van der Waals surface area contributed by atoms with Crippen LogP contribution in [0.15, 0.2) is 18.5 Å². The average Bonchev–Trinajstić information content (AvgIpc) is 2.35. The van der Waals surface area contributed by atoms with Crippen LogP contribution in [0, 0.1) is 0 Å². The highest BCUT2D eigenvalue weighted by Crippen LogP contribution is 2.16. The zero-order valence-corrected chi connectivity index (χ0v) is 10.1. The van der Waals surface area contributed by atoms with Gasteiger partial charge in [-0.05, 0) is 5.10 Å². The number of esters is 2. The topological polar surface area (TPSA) is 89.2 Å². The first kappa shape index (κ1) is 15.5. The Morgan fingerprint density at radius 2 is 2.05 bits per heavy atom. The van der Waals surface area contributed by atoms with Crippen LogP contribution in [-0.2, 0) is 21.4 Å². The maximum Gasteiger partial charge on any atom is 0.491 e. The fourth-order valence-electron chi connectivity index (χ4n) is 1.01. The van der Waals surface area contributed by atoms with Gasteiger partial charge in [-0.1, -0.05) is 4.68 Å². The summed E-state index contributed by atoms with van der Waals surface area (Å²) >= 11 is 0. The molecule has 0 spiro atoms. The number of halogens is 3. The van der Waals surface area contributed by atoms with Crippen LogP contribution in [0.2, 0.25) is 0 Å². The fraction of sp³-hybridized carbons (Fsp3) is 0.300. The molecule has 0 fully saturated rings. The van der Waals surface area contributed by atoms with Crippen molar-refractivity contribution >= 4 is 17.8 Å². The molecule has 0 aliphatic rings. The summed E-state index contributed by atoms with van der Waals surface area (Å²) < 4.78 is 40.3. The Bertz CT molecular complexity index is 528. The number of carbonyl (C=O) groups excluding carboxylic acids is 3. The Hall–Kier alpha value is -2.52. The zero-order chi connectivity index (χ0) is 15.3. The molecule has 0 atom stereocenters. The maximum atomic E-state index is 11.8. The number of aromatic nitrogens is 2. The van der Waals surface area contributed by atoms with E-state index in [4.69, 9.17) is 0 Å². The van der Waals surface area contributed by atoms with Gasteiger partial charge >= 0.3 is 18.1 Å². The van der Waals surface area contributed by atoms with Crippen molar-refractivity contribution in [3.8, 4) is 0 Å². The highest BCUT2D eigenvalue weighted by Gasteiger charge is 2.42. The Balaban J connectivity index is 2.47. The molecule has 0 unspecified atom stereocenters. The third-order valence-corrected chi connectivity index (χ3v) is 1.94. The molecule has 0 saturated heterocycles. The molecule has 1 amide bonds. The first-order chi connectivity index (χ1) is 9.20. The Morgan fingerprint density at radius 3 is 2.55 bits per heavy atom. The SMILES string of the molecule is C[n+]1ccc(C(=O)NCC(=O)OC(=O)C(F)(F)F)cn1. The number of alkyl halides is 3. The van der Waals surface area contributed by atoms with Crippen molar-refractivity contribution in [2.24, 2.45) is 7.05 Å². The Morgan fingerprint density at radius 1 is 1.40 bits per heavy atom. The summed E-state index contributed by atoms with van der Waals surface area (Å²) in [5, 5.41) is 5.74. The number of hydrogen-bond donors (Lipinski definition) is 1. The molecule has 20 heavy (non-hydrogen) atoms. The van der Waals surface area contributed by atoms with Gasteiger partial charge in [0.05, 0.1) is 5.56 Å². The lowest BCUT2D eigenvalue weighted by Crippen LogP contribution is -2.36. The molecule has 0 aliphatic carbocycles. The molecule has 1 heterocycles. The highest BCUT2D eigenvalue weighted by molar-refractivity contribution is 5.96. The summed E-state index contributed by atoms with van der Waals surface area (Å²) in [5.74, 6) is -4.89. The van der Waals surface area contributed by atoms with E-state index >= 15 is 0 Å². The minimum atomic E-state index is -5.27. The smallest absolute Gasteiger partial charge is 0.385 e. The minimum absolute atomic E-state index is 0.0954. The van der Waals surface area contributed by atoms with Crippen molar-refractivity contribution in [1.29, 1.82) is 0 Å². The van der Waals surface area contributed by atoms with E-state index in [1.54, 1.807) is 7.05 Å². The molecule has 1 rings (SSSR count). The van der Waals surface area contributed by atoms with Crippen LogP contribution in [0.1, 0.15) is 10.4 Å². The van der Waals surface area contributed by atoms with Gasteiger partial charge in [-0.15, -0.1) is 0 Å². The van der Waals surface area contributed by atoms with Gasteiger partial charge in [0, 0.05) is 6.07 Å². The van der Waals surface area contributed by atoms with Crippen molar-refractivity contribution in [2.45, 2.75) is 6.18 Å². The maximum absolute atomic E-state index is 11.8. The quantitative estimate of drug-likeness (QED) is 0.450. The van der Waals surface area contributed by atoms with E-state index in [2.05, 4.69) is 9.84 Å². The average molecular weight is 292 g/mol.